The molecule has 0 saturated heterocycles. The van der Waals surface area contributed by atoms with Gasteiger partial charge in [-0.05, 0) is 12.8 Å². The van der Waals surface area contributed by atoms with Crippen LogP contribution in [-0.4, -0.2) is 46.1 Å². The third kappa shape index (κ3) is 10.3. The first-order valence-corrected chi connectivity index (χ1v) is 7.96. The lowest BCUT2D eigenvalue weighted by atomic mass is 10.1. The van der Waals surface area contributed by atoms with Gasteiger partial charge in [0.2, 0.25) is 5.91 Å². The van der Waals surface area contributed by atoms with Crippen LogP contribution in [0.3, 0.4) is 0 Å². The molecule has 0 aromatic carbocycles. The number of nitrogens with one attached hydrogen (secondary N) is 1. The summed E-state index contributed by atoms with van der Waals surface area (Å²) >= 11 is 0. The predicted molar refractivity (Wildman–Crippen MR) is 67.6 cm³/mol. The highest BCUT2D eigenvalue weighted by molar-refractivity contribution is 7.90. The molecule has 0 fully saturated rings. The molecular weight excluding hydrogens is 242 g/mol. The zero-order valence-corrected chi connectivity index (χ0v) is 11.7. The first-order valence-electron chi connectivity index (χ1n) is 5.90. The highest BCUT2D eigenvalue weighted by Crippen LogP contribution is 2.03. The molecule has 0 aromatic rings. The monoisotopic (exact) mass is 265 g/mol. The lowest BCUT2D eigenvalue weighted by molar-refractivity contribution is -0.124. The van der Waals surface area contributed by atoms with Gasteiger partial charge in [-0.1, -0.05) is 13.8 Å². The van der Waals surface area contributed by atoms with Crippen molar-refractivity contribution in [3.05, 3.63) is 0 Å². The maximum absolute atomic E-state index is 11.5. The lowest BCUT2D eigenvalue weighted by Crippen LogP contribution is -2.32. The number of ether oxygens (including phenoxy) is 1. The zero-order valence-electron chi connectivity index (χ0n) is 10.9. The van der Waals surface area contributed by atoms with Gasteiger partial charge in [-0.25, -0.2) is 8.42 Å². The number of carbonyl (C=O) groups is 1. The molecule has 17 heavy (non-hydrogen) atoms. The minimum Gasteiger partial charge on any atom is -0.380 e. The topological polar surface area (TPSA) is 72.5 Å². The van der Waals surface area contributed by atoms with Gasteiger partial charge < -0.3 is 10.1 Å². The van der Waals surface area contributed by atoms with Gasteiger partial charge in [0.15, 0.2) is 0 Å². The molecule has 1 amide bonds. The Kier molecular flexibility index (Phi) is 8.16. The molecule has 1 N–H and O–H groups in total. The van der Waals surface area contributed by atoms with Crippen LogP contribution in [0.5, 0.6) is 0 Å². The summed E-state index contributed by atoms with van der Waals surface area (Å²) in [7, 11) is -2.99. The molecule has 0 rings (SSSR count). The molecule has 1 unspecified atom stereocenters. The van der Waals surface area contributed by atoms with Gasteiger partial charge in [0.25, 0.3) is 0 Å². The van der Waals surface area contributed by atoms with Crippen LogP contribution in [0, 0.1) is 5.92 Å². The van der Waals surface area contributed by atoms with E-state index in [9.17, 15) is 13.2 Å². The summed E-state index contributed by atoms with van der Waals surface area (Å²) < 4.78 is 27.1. The summed E-state index contributed by atoms with van der Waals surface area (Å²) in [6, 6.07) is 0. The van der Waals surface area contributed by atoms with E-state index in [-0.39, 0.29) is 17.6 Å². The fourth-order valence-corrected chi connectivity index (χ4v) is 1.97. The van der Waals surface area contributed by atoms with Crippen LogP contribution in [0.2, 0.25) is 0 Å². The average molecular weight is 265 g/mol. The van der Waals surface area contributed by atoms with E-state index in [0.29, 0.717) is 26.2 Å². The van der Waals surface area contributed by atoms with E-state index in [4.69, 9.17) is 4.74 Å². The Hall–Kier alpha value is -0.620. The van der Waals surface area contributed by atoms with Gasteiger partial charge >= 0.3 is 0 Å². The van der Waals surface area contributed by atoms with E-state index in [2.05, 4.69) is 5.32 Å². The Morgan fingerprint density at radius 1 is 1.35 bits per heavy atom. The van der Waals surface area contributed by atoms with Crippen molar-refractivity contribution < 1.29 is 17.9 Å². The second-order valence-corrected chi connectivity index (χ2v) is 6.48. The minimum atomic E-state index is -2.99. The maximum Gasteiger partial charge on any atom is 0.222 e. The molecule has 1 atom stereocenters. The van der Waals surface area contributed by atoms with Crippen LogP contribution in [0.4, 0.5) is 0 Å². The molecule has 0 saturated carbocycles. The number of rotatable bonds is 9. The third-order valence-corrected chi connectivity index (χ3v) is 3.24. The highest BCUT2D eigenvalue weighted by atomic mass is 32.2. The summed E-state index contributed by atoms with van der Waals surface area (Å²) in [6.45, 7) is 5.42. The highest BCUT2D eigenvalue weighted by Gasteiger charge is 2.14. The molecule has 102 valence electrons. The fourth-order valence-electron chi connectivity index (χ4n) is 1.19. The van der Waals surface area contributed by atoms with E-state index in [1.54, 1.807) is 6.92 Å². The molecule has 0 aliphatic rings. The second kappa shape index (κ2) is 8.47. The molecule has 0 spiro atoms. The van der Waals surface area contributed by atoms with Crippen molar-refractivity contribution in [2.24, 2.45) is 5.92 Å². The normalized spacial score (nSPS) is 13.4. The molecule has 6 heteroatoms. The summed E-state index contributed by atoms with van der Waals surface area (Å²) in [4.78, 5) is 11.5. The van der Waals surface area contributed by atoms with Crippen molar-refractivity contribution >= 4 is 15.7 Å². The number of hydrogen-bond acceptors (Lipinski definition) is 4. The van der Waals surface area contributed by atoms with Gasteiger partial charge in [0.05, 0.1) is 12.4 Å². The summed E-state index contributed by atoms with van der Waals surface area (Å²) in [6.07, 6.45) is 2.50. The van der Waals surface area contributed by atoms with Gasteiger partial charge in [0.1, 0.15) is 9.84 Å². The molecule has 0 aliphatic carbocycles. The number of sulfone groups is 1. The van der Waals surface area contributed by atoms with E-state index < -0.39 is 9.84 Å². The van der Waals surface area contributed by atoms with E-state index in [1.165, 1.54) is 6.26 Å². The van der Waals surface area contributed by atoms with Crippen molar-refractivity contribution in [1.29, 1.82) is 0 Å². The minimum absolute atomic E-state index is 0.0495. The first-order chi connectivity index (χ1) is 7.87. The third-order valence-electron chi connectivity index (χ3n) is 2.26. The average Bonchev–Trinajstić information content (AvgIpc) is 2.24. The maximum atomic E-state index is 11.5. The zero-order chi connectivity index (χ0) is 13.3. The lowest BCUT2D eigenvalue weighted by Gasteiger charge is -2.11. The van der Waals surface area contributed by atoms with Crippen LogP contribution in [0.25, 0.3) is 0 Å². The van der Waals surface area contributed by atoms with Gasteiger partial charge in [-0.15, -0.1) is 0 Å². The number of carbonyl (C=O) groups excluding carboxylic acids is 1. The van der Waals surface area contributed by atoms with Crippen molar-refractivity contribution in [2.45, 2.75) is 26.7 Å². The van der Waals surface area contributed by atoms with E-state index in [0.717, 1.165) is 6.42 Å². The van der Waals surface area contributed by atoms with Crippen molar-refractivity contribution in [3.63, 3.8) is 0 Å². The predicted octanol–water partition coefficient (Wildman–Crippen LogP) is 0.600. The smallest absolute Gasteiger partial charge is 0.222 e. The Morgan fingerprint density at radius 3 is 2.53 bits per heavy atom. The van der Waals surface area contributed by atoms with Gasteiger partial charge in [-0.3, -0.25) is 4.79 Å². The fraction of sp³-hybridized carbons (Fsp3) is 0.909. The van der Waals surface area contributed by atoms with Gasteiger partial charge in [-0.2, -0.15) is 0 Å². The Morgan fingerprint density at radius 2 is 2.00 bits per heavy atom. The summed E-state index contributed by atoms with van der Waals surface area (Å²) in [5.41, 5.74) is 0. The Labute approximate surface area is 104 Å². The Balaban J connectivity index is 3.68. The van der Waals surface area contributed by atoms with Gasteiger partial charge in [0, 0.05) is 25.3 Å². The molecule has 0 aliphatic heterocycles. The quantitative estimate of drug-likeness (QED) is 0.620. The SMILES string of the molecule is CCCOCCNC(=O)C(C)CCS(C)(=O)=O. The van der Waals surface area contributed by atoms with E-state index >= 15 is 0 Å². The van der Waals surface area contributed by atoms with Crippen LogP contribution in [0.1, 0.15) is 26.7 Å². The molecule has 5 nitrogen and oxygen atoms in total. The van der Waals surface area contributed by atoms with Crippen molar-refractivity contribution in [1.82, 2.24) is 5.32 Å². The Bertz CT molecular complexity index is 313. The molecule has 0 aromatic heterocycles. The molecule has 0 bridgehead atoms. The molecule has 0 heterocycles. The number of amides is 1. The largest absolute Gasteiger partial charge is 0.380 e. The molecule has 0 radical (unpaired) electrons. The van der Waals surface area contributed by atoms with Crippen molar-refractivity contribution in [3.8, 4) is 0 Å². The van der Waals surface area contributed by atoms with E-state index in [1.807, 2.05) is 6.92 Å². The van der Waals surface area contributed by atoms with Crippen LogP contribution in [-0.2, 0) is 19.4 Å². The van der Waals surface area contributed by atoms with Crippen LogP contribution < -0.4 is 5.32 Å². The number of hydrogen-bond donors (Lipinski definition) is 1. The standard InChI is InChI=1S/C11H23NO4S/c1-4-7-16-8-6-12-11(13)10(2)5-9-17(3,14)15/h10H,4-9H2,1-3H3,(H,12,13). The summed E-state index contributed by atoms with van der Waals surface area (Å²) in [5, 5.41) is 2.72. The molecular formula is C11H23NO4S. The first kappa shape index (κ1) is 16.4. The van der Waals surface area contributed by atoms with Crippen LogP contribution >= 0.6 is 0 Å². The van der Waals surface area contributed by atoms with Crippen molar-refractivity contribution in [2.75, 3.05) is 31.8 Å². The second-order valence-electron chi connectivity index (χ2n) is 4.22. The summed E-state index contributed by atoms with van der Waals surface area (Å²) in [5.74, 6) is -0.349. The van der Waals surface area contributed by atoms with Crippen LogP contribution in [0.15, 0.2) is 0 Å².